The first-order chi connectivity index (χ1) is 21.5. The average molecular weight is 642 g/mol. The summed E-state index contributed by atoms with van der Waals surface area (Å²) < 4.78 is 83.8. The normalized spacial score (nSPS) is 24.4. The number of alkyl halides is 3. The van der Waals surface area contributed by atoms with E-state index in [4.69, 9.17) is 5.73 Å². The molecule has 2 N–H and O–H groups in total. The van der Waals surface area contributed by atoms with Crippen molar-refractivity contribution in [3.63, 3.8) is 0 Å². The molecule has 3 aliphatic carbocycles. The number of pyridine rings is 2. The van der Waals surface area contributed by atoms with Gasteiger partial charge in [0.2, 0.25) is 5.95 Å². The van der Waals surface area contributed by atoms with Gasteiger partial charge in [-0.3, -0.25) is 9.78 Å². The molecule has 0 aliphatic heterocycles. The Bertz CT molecular complexity index is 1740. The fourth-order valence-electron chi connectivity index (χ4n) is 6.17. The molecule has 2 heterocycles. The highest BCUT2D eigenvalue weighted by Crippen LogP contribution is 2.53. The minimum absolute atomic E-state index is 0.0116. The average Bonchev–Trinajstić information content (AvgIpc) is 3.87. The number of benzene rings is 1. The van der Waals surface area contributed by atoms with Crippen LogP contribution in [0.3, 0.4) is 0 Å². The van der Waals surface area contributed by atoms with Crippen LogP contribution in [0.2, 0.25) is 0 Å². The lowest BCUT2D eigenvalue weighted by Crippen LogP contribution is -2.50. The summed E-state index contributed by atoms with van der Waals surface area (Å²) in [5.41, 5.74) is 5.24. The predicted molar refractivity (Wildman–Crippen MR) is 158 cm³/mol. The minimum atomic E-state index is -4.68. The van der Waals surface area contributed by atoms with Crippen LogP contribution in [0.15, 0.2) is 94.2 Å². The summed E-state index contributed by atoms with van der Waals surface area (Å²) in [7, 11) is -1.67. The van der Waals surface area contributed by atoms with Gasteiger partial charge < -0.3 is 5.73 Å². The van der Waals surface area contributed by atoms with Crippen molar-refractivity contribution < 1.29 is 31.0 Å². The molecule has 1 aromatic carbocycles. The summed E-state index contributed by atoms with van der Waals surface area (Å²) in [6.45, 7) is 0. The molecule has 0 amide bonds. The van der Waals surface area contributed by atoms with Gasteiger partial charge in [-0.2, -0.15) is 17.6 Å². The Kier molecular flexibility index (Phi) is 8.25. The summed E-state index contributed by atoms with van der Waals surface area (Å²) in [5, 5.41) is 0. The molecule has 3 aliphatic rings. The molecular weight excluding hydrogens is 613 g/mol. The van der Waals surface area contributed by atoms with Gasteiger partial charge in [-0.05, 0) is 105 Å². The highest BCUT2D eigenvalue weighted by atomic mass is 32.2. The third-order valence-corrected chi connectivity index (χ3v) is 10.1. The van der Waals surface area contributed by atoms with Gasteiger partial charge >= 0.3 is 6.18 Å². The first-order valence-corrected chi connectivity index (χ1v) is 15.5. The van der Waals surface area contributed by atoms with Gasteiger partial charge in [-0.1, -0.05) is 5.57 Å². The first-order valence-electron chi connectivity index (χ1n) is 14.3. The van der Waals surface area contributed by atoms with Gasteiger partial charge in [0, 0.05) is 18.3 Å². The third kappa shape index (κ3) is 6.23. The quantitative estimate of drug-likeness (QED) is 0.177. The zero-order valence-corrected chi connectivity index (χ0v) is 24.6. The Morgan fingerprint density at radius 3 is 2.44 bits per heavy atom. The van der Waals surface area contributed by atoms with Gasteiger partial charge in [0.1, 0.15) is 22.5 Å². The second-order valence-electron chi connectivity index (χ2n) is 11.4. The maximum atomic E-state index is 14.5. The van der Waals surface area contributed by atoms with Gasteiger partial charge in [-0.25, -0.2) is 22.9 Å². The number of carbonyl (C=O) groups excluding carboxylic acids is 1. The van der Waals surface area contributed by atoms with Crippen LogP contribution in [-0.2, 0) is 17.2 Å². The molecule has 3 atom stereocenters. The second kappa shape index (κ2) is 12.0. The number of rotatable bonds is 7. The van der Waals surface area contributed by atoms with E-state index in [9.17, 15) is 31.0 Å². The number of fused-ring (bicyclic) bond motifs is 1. The number of allylic oxidation sites excluding steroid dienone is 3. The van der Waals surface area contributed by atoms with E-state index in [0.717, 1.165) is 37.2 Å². The number of aliphatic imine (C=N–C) groups is 1. The van der Waals surface area contributed by atoms with E-state index in [1.807, 2.05) is 4.31 Å². The molecule has 45 heavy (non-hydrogen) atoms. The van der Waals surface area contributed by atoms with E-state index in [1.54, 1.807) is 6.08 Å². The monoisotopic (exact) mass is 641 g/mol. The number of carbonyl (C=O) groups is 1. The summed E-state index contributed by atoms with van der Waals surface area (Å²) in [5.74, 6) is -1.74. The van der Waals surface area contributed by atoms with E-state index in [-0.39, 0.29) is 24.6 Å². The summed E-state index contributed by atoms with van der Waals surface area (Å²) >= 11 is 0. The molecule has 0 saturated heterocycles. The van der Waals surface area contributed by atoms with Crippen LogP contribution >= 0.6 is 0 Å². The van der Waals surface area contributed by atoms with Crippen molar-refractivity contribution in [3.05, 3.63) is 107 Å². The molecule has 3 unspecified atom stereocenters. The Balaban J connectivity index is 1.44. The number of hydrogen-bond acceptors (Lipinski definition) is 6. The topological polar surface area (TPSA) is 102 Å². The highest BCUT2D eigenvalue weighted by molar-refractivity contribution is 7.82. The molecular formula is C32H28F5N5O2S. The van der Waals surface area contributed by atoms with E-state index in [0.29, 0.717) is 40.3 Å². The molecule has 2 fully saturated rings. The standard InChI is InChI=1S/C32H28F5N5O2S/c33-22-2-8-26(9-3-22)45(44)42(24-6-7-24)25-5-1-20-13-27(41-23-4-10-29(34)40-18-23)19(17-38)15-31(20,16-25)30(43)28-14-21(11-12-39-28)32(35,36)37/h2-4,8-14,17-18,24-25H,1,5-7,15-16,38H2/b19-17-,41-27?. The van der Waals surface area contributed by atoms with Gasteiger partial charge in [0.05, 0.1) is 33.5 Å². The van der Waals surface area contributed by atoms with Crippen molar-refractivity contribution in [2.24, 2.45) is 16.1 Å². The molecule has 2 saturated carbocycles. The Hall–Kier alpha value is -4.10. The Labute approximate surface area is 258 Å². The smallest absolute Gasteiger partial charge is 0.404 e. The van der Waals surface area contributed by atoms with Gasteiger partial charge in [0.25, 0.3) is 0 Å². The fourth-order valence-corrected chi connectivity index (χ4v) is 7.72. The number of aromatic nitrogens is 2. The zero-order chi connectivity index (χ0) is 31.9. The van der Waals surface area contributed by atoms with Gasteiger partial charge in [0.15, 0.2) is 5.78 Å². The molecule has 0 bridgehead atoms. The number of Topliss-reactive ketones (excluding diaryl/α,β-unsaturated/α-hetero) is 1. The molecule has 0 spiro atoms. The number of hydrogen-bond donors (Lipinski definition) is 1. The van der Waals surface area contributed by atoms with Crippen molar-refractivity contribution in [1.29, 1.82) is 0 Å². The summed E-state index contributed by atoms with van der Waals surface area (Å²) in [6, 6.07) is 9.15. The van der Waals surface area contributed by atoms with Crippen LogP contribution in [-0.4, -0.2) is 42.1 Å². The minimum Gasteiger partial charge on any atom is -0.404 e. The van der Waals surface area contributed by atoms with Gasteiger partial charge in [-0.15, -0.1) is 0 Å². The van der Waals surface area contributed by atoms with E-state index >= 15 is 0 Å². The number of ketones is 1. The van der Waals surface area contributed by atoms with E-state index in [1.165, 1.54) is 42.7 Å². The number of halogens is 5. The SMILES string of the molecule is N/C=C1/CC2(C(=O)c3cc(C(F)(F)F)ccn3)CC(N(C3CC3)S(=O)c3ccc(F)cc3)CCC2=CC1=Nc1ccc(F)nc1. The lowest BCUT2D eigenvalue weighted by atomic mass is 9.59. The molecule has 2 aromatic heterocycles. The van der Waals surface area contributed by atoms with Crippen LogP contribution in [0.1, 0.15) is 54.6 Å². The maximum absolute atomic E-state index is 14.5. The van der Waals surface area contributed by atoms with Crippen LogP contribution in [0.4, 0.5) is 27.6 Å². The fraction of sp³-hybridized carbons (Fsp3) is 0.312. The summed E-state index contributed by atoms with van der Waals surface area (Å²) in [6.07, 6.45) is 3.15. The Morgan fingerprint density at radius 2 is 1.80 bits per heavy atom. The predicted octanol–water partition coefficient (Wildman–Crippen LogP) is 6.63. The number of nitrogens with zero attached hydrogens (tertiary/aromatic N) is 4. The highest BCUT2D eigenvalue weighted by Gasteiger charge is 2.53. The largest absolute Gasteiger partial charge is 0.416 e. The second-order valence-corrected chi connectivity index (χ2v) is 12.8. The molecule has 234 valence electrons. The van der Waals surface area contributed by atoms with Crippen LogP contribution in [0.25, 0.3) is 0 Å². The Morgan fingerprint density at radius 1 is 1.04 bits per heavy atom. The van der Waals surface area contributed by atoms with Crippen molar-refractivity contribution in [1.82, 2.24) is 14.3 Å². The first kappa shape index (κ1) is 30.9. The molecule has 0 radical (unpaired) electrons. The van der Waals surface area contributed by atoms with Crippen molar-refractivity contribution in [2.75, 3.05) is 0 Å². The van der Waals surface area contributed by atoms with E-state index in [2.05, 4.69) is 15.0 Å². The molecule has 7 nitrogen and oxygen atoms in total. The maximum Gasteiger partial charge on any atom is 0.416 e. The molecule has 13 heteroatoms. The van der Waals surface area contributed by atoms with Crippen LogP contribution in [0.5, 0.6) is 0 Å². The lowest BCUT2D eigenvalue weighted by molar-refractivity contribution is -0.137. The van der Waals surface area contributed by atoms with Crippen LogP contribution in [0, 0.1) is 17.2 Å². The van der Waals surface area contributed by atoms with E-state index < -0.39 is 51.7 Å². The third-order valence-electron chi connectivity index (χ3n) is 8.47. The number of nitrogens with two attached hydrogens (primary N) is 1. The van der Waals surface area contributed by atoms with Crippen molar-refractivity contribution >= 4 is 28.2 Å². The van der Waals surface area contributed by atoms with Crippen LogP contribution < -0.4 is 5.73 Å². The molecule has 6 rings (SSSR count). The lowest BCUT2D eigenvalue weighted by Gasteiger charge is -2.47. The molecule has 3 aromatic rings. The summed E-state index contributed by atoms with van der Waals surface area (Å²) in [4.78, 5) is 27.1. The van der Waals surface area contributed by atoms with Crippen molar-refractivity contribution in [3.8, 4) is 0 Å². The van der Waals surface area contributed by atoms with Crippen molar-refractivity contribution in [2.45, 2.75) is 61.7 Å². The zero-order valence-electron chi connectivity index (χ0n) is 23.8.